The minimum absolute atomic E-state index is 0.733. The van der Waals surface area contributed by atoms with E-state index in [4.69, 9.17) is 0 Å². The highest BCUT2D eigenvalue weighted by atomic mass is 15.3. The van der Waals surface area contributed by atoms with Crippen LogP contribution in [0.2, 0.25) is 0 Å². The van der Waals surface area contributed by atoms with E-state index in [1.807, 2.05) is 0 Å². The van der Waals surface area contributed by atoms with Gasteiger partial charge in [0.15, 0.2) is 0 Å². The molecule has 2 rings (SSSR count). The van der Waals surface area contributed by atoms with Crippen molar-refractivity contribution in [3.63, 3.8) is 0 Å². The minimum Gasteiger partial charge on any atom is -0.300 e. The lowest BCUT2D eigenvalue weighted by molar-refractivity contribution is 0.0171. The highest BCUT2D eigenvalue weighted by molar-refractivity contribution is 4.87. The molecule has 2 atom stereocenters. The normalized spacial score (nSPS) is 37.5. The van der Waals surface area contributed by atoms with Crippen LogP contribution in [-0.2, 0) is 0 Å². The topological polar surface area (TPSA) is 6.48 Å². The third-order valence-electron chi connectivity index (χ3n) is 5.40. The van der Waals surface area contributed by atoms with Gasteiger partial charge >= 0.3 is 0 Å². The van der Waals surface area contributed by atoms with E-state index in [0.29, 0.717) is 0 Å². The molecule has 20 heavy (non-hydrogen) atoms. The second-order valence-corrected chi connectivity index (χ2v) is 8.13. The molecule has 2 fully saturated rings. The molecule has 1 aliphatic heterocycles. The van der Waals surface area contributed by atoms with Crippen molar-refractivity contribution in [1.29, 1.82) is 0 Å². The van der Waals surface area contributed by atoms with Crippen LogP contribution in [0, 0.1) is 17.8 Å². The molecule has 2 heteroatoms. The van der Waals surface area contributed by atoms with Crippen LogP contribution < -0.4 is 0 Å². The zero-order valence-corrected chi connectivity index (χ0v) is 14.4. The van der Waals surface area contributed by atoms with Crippen molar-refractivity contribution in [3.8, 4) is 0 Å². The van der Waals surface area contributed by atoms with Crippen molar-refractivity contribution in [3.05, 3.63) is 0 Å². The van der Waals surface area contributed by atoms with E-state index in [0.717, 1.165) is 29.8 Å². The molecule has 2 aliphatic rings. The summed E-state index contributed by atoms with van der Waals surface area (Å²) in [5, 5.41) is 0. The largest absolute Gasteiger partial charge is 0.300 e. The van der Waals surface area contributed by atoms with Crippen molar-refractivity contribution >= 4 is 0 Å². The van der Waals surface area contributed by atoms with Crippen LogP contribution in [0.5, 0.6) is 0 Å². The van der Waals surface area contributed by atoms with Crippen LogP contribution in [-0.4, -0.2) is 48.1 Å². The molecule has 0 aromatic heterocycles. The van der Waals surface area contributed by atoms with Gasteiger partial charge in [-0.2, -0.15) is 0 Å². The predicted octanol–water partition coefficient (Wildman–Crippen LogP) is 3.86. The zero-order chi connectivity index (χ0) is 14.7. The standard InChI is InChI=1S/C18H36N2/c1-14(2)10-19-11-16(4)20(17(5)12-19)13-18-8-6-15(3)7-9-18/h14-18H,6-13H2,1-5H3. The summed E-state index contributed by atoms with van der Waals surface area (Å²) < 4.78 is 0. The van der Waals surface area contributed by atoms with Gasteiger partial charge in [0.05, 0.1) is 0 Å². The smallest absolute Gasteiger partial charge is 0.0198 e. The second-order valence-electron chi connectivity index (χ2n) is 8.13. The van der Waals surface area contributed by atoms with Crippen LogP contribution >= 0.6 is 0 Å². The Hall–Kier alpha value is -0.0800. The molecule has 118 valence electrons. The predicted molar refractivity (Wildman–Crippen MR) is 88.0 cm³/mol. The van der Waals surface area contributed by atoms with E-state index >= 15 is 0 Å². The van der Waals surface area contributed by atoms with Crippen LogP contribution in [0.4, 0.5) is 0 Å². The molecule has 0 aromatic carbocycles. The number of piperazine rings is 1. The molecular weight excluding hydrogens is 244 g/mol. The van der Waals surface area contributed by atoms with Crippen molar-refractivity contribution in [2.75, 3.05) is 26.2 Å². The van der Waals surface area contributed by atoms with Gasteiger partial charge in [0.2, 0.25) is 0 Å². The van der Waals surface area contributed by atoms with Gasteiger partial charge in [-0.25, -0.2) is 0 Å². The van der Waals surface area contributed by atoms with Crippen molar-refractivity contribution in [1.82, 2.24) is 9.80 Å². The molecule has 0 aromatic rings. The molecule has 1 saturated carbocycles. The number of hydrogen-bond acceptors (Lipinski definition) is 2. The van der Waals surface area contributed by atoms with Gasteiger partial charge < -0.3 is 0 Å². The Morgan fingerprint density at radius 2 is 1.45 bits per heavy atom. The van der Waals surface area contributed by atoms with Gasteiger partial charge in [0.25, 0.3) is 0 Å². The van der Waals surface area contributed by atoms with Crippen LogP contribution in [0.25, 0.3) is 0 Å². The first-order valence-electron chi connectivity index (χ1n) is 8.93. The van der Waals surface area contributed by atoms with Gasteiger partial charge in [-0.15, -0.1) is 0 Å². The summed E-state index contributed by atoms with van der Waals surface area (Å²) in [7, 11) is 0. The lowest BCUT2D eigenvalue weighted by Gasteiger charge is -2.46. The molecule has 0 radical (unpaired) electrons. The maximum Gasteiger partial charge on any atom is 0.0198 e. The Morgan fingerprint density at radius 1 is 0.900 bits per heavy atom. The Morgan fingerprint density at radius 3 is 1.95 bits per heavy atom. The highest BCUT2D eigenvalue weighted by Crippen LogP contribution is 2.30. The summed E-state index contributed by atoms with van der Waals surface area (Å²) in [5.41, 5.74) is 0. The number of hydrogen-bond donors (Lipinski definition) is 0. The van der Waals surface area contributed by atoms with Crippen molar-refractivity contribution < 1.29 is 0 Å². The molecule has 1 heterocycles. The fourth-order valence-corrected chi connectivity index (χ4v) is 4.30. The average Bonchev–Trinajstić information content (AvgIpc) is 2.35. The fraction of sp³-hybridized carbons (Fsp3) is 1.00. The average molecular weight is 280 g/mol. The molecule has 1 aliphatic carbocycles. The fourth-order valence-electron chi connectivity index (χ4n) is 4.30. The molecule has 0 amide bonds. The Bertz CT molecular complexity index is 269. The first-order valence-corrected chi connectivity index (χ1v) is 8.93. The van der Waals surface area contributed by atoms with Crippen LogP contribution in [0.1, 0.15) is 60.3 Å². The van der Waals surface area contributed by atoms with Gasteiger partial charge in [-0.1, -0.05) is 33.6 Å². The molecule has 0 bridgehead atoms. The third-order valence-corrected chi connectivity index (χ3v) is 5.40. The maximum atomic E-state index is 2.80. The number of nitrogens with zero attached hydrogens (tertiary/aromatic N) is 2. The summed E-state index contributed by atoms with van der Waals surface area (Å²) in [6, 6.07) is 1.47. The molecular formula is C18H36N2. The molecule has 0 N–H and O–H groups in total. The van der Waals surface area contributed by atoms with Crippen molar-refractivity contribution in [2.45, 2.75) is 72.4 Å². The van der Waals surface area contributed by atoms with Gasteiger partial charge in [0, 0.05) is 38.3 Å². The van der Waals surface area contributed by atoms with Gasteiger partial charge in [-0.3, -0.25) is 9.80 Å². The third kappa shape index (κ3) is 4.46. The summed E-state index contributed by atoms with van der Waals surface area (Å²) in [6.45, 7) is 17.1. The second kappa shape index (κ2) is 7.26. The summed E-state index contributed by atoms with van der Waals surface area (Å²) in [4.78, 5) is 5.48. The summed E-state index contributed by atoms with van der Waals surface area (Å²) >= 11 is 0. The lowest BCUT2D eigenvalue weighted by atomic mass is 9.82. The lowest BCUT2D eigenvalue weighted by Crippen LogP contribution is -2.58. The molecule has 0 spiro atoms. The summed E-state index contributed by atoms with van der Waals surface area (Å²) in [6.07, 6.45) is 5.85. The van der Waals surface area contributed by atoms with E-state index in [9.17, 15) is 0 Å². The monoisotopic (exact) mass is 280 g/mol. The first kappa shape index (κ1) is 16.3. The first-order chi connectivity index (χ1) is 9.45. The Kier molecular flexibility index (Phi) is 5.92. The zero-order valence-electron chi connectivity index (χ0n) is 14.4. The Labute approximate surface area is 126 Å². The SMILES string of the molecule is CC(C)CN1CC(C)N(CC2CCC(C)CC2)C(C)C1. The van der Waals surface area contributed by atoms with E-state index in [1.54, 1.807) is 0 Å². The molecule has 1 saturated heterocycles. The summed E-state index contributed by atoms with van der Waals surface area (Å²) in [5.74, 6) is 2.73. The minimum atomic E-state index is 0.733. The molecule has 2 nitrogen and oxygen atoms in total. The van der Waals surface area contributed by atoms with E-state index in [2.05, 4.69) is 44.4 Å². The Balaban J connectivity index is 1.83. The maximum absolute atomic E-state index is 2.80. The quantitative estimate of drug-likeness (QED) is 0.771. The molecule has 2 unspecified atom stereocenters. The van der Waals surface area contributed by atoms with E-state index in [-0.39, 0.29) is 0 Å². The van der Waals surface area contributed by atoms with Gasteiger partial charge in [0.1, 0.15) is 0 Å². The van der Waals surface area contributed by atoms with E-state index in [1.165, 1.54) is 51.9 Å². The van der Waals surface area contributed by atoms with Gasteiger partial charge in [-0.05, 0) is 44.4 Å². The van der Waals surface area contributed by atoms with Crippen LogP contribution in [0.3, 0.4) is 0 Å². The highest BCUT2D eigenvalue weighted by Gasteiger charge is 2.31. The van der Waals surface area contributed by atoms with E-state index < -0.39 is 0 Å². The van der Waals surface area contributed by atoms with Crippen LogP contribution in [0.15, 0.2) is 0 Å². The van der Waals surface area contributed by atoms with Crippen molar-refractivity contribution in [2.24, 2.45) is 17.8 Å². The number of rotatable bonds is 4.